The maximum Gasteiger partial charge on any atom is 0.172 e. The number of benzene rings is 1. The molecule has 0 bridgehead atoms. The lowest BCUT2D eigenvalue weighted by Crippen LogP contribution is -2.21. The predicted octanol–water partition coefficient (Wildman–Crippen LogP) is 3.06. The molecular weight excluding hydrogens is 216 g/mol. The molecule has 0 aliphatic heterocycles. The number of hydrogen-bond donors (Lipinski definition) is 1. The lowest BCUT2D eigenvalue weighted by atomic mass is 10.2. The Morgan fingerprint density at radius 3 is 2.40 bits per heavy atom. The lowest BCUT2D eigenvalue weighted by Gasteiger charge is -2.21. The Labute approximate surface area is 95.3 Å². The van der Waals surface area contributed by atoms with Crippen molar-refractivity contribution in [2.45, 2.75) is 13.8 Å². The van der Waals surface area contributed by atoms with Crippen molar-refractivity contribution in [1.29, 1.82) is 0 Å². The Balaban J connectivity index is 0.00000196. The van der Waals surface area contributed by atoms with Gasteiger partial charge in [0.2, 0.25) is 0 Å². The number of phenols is 1. The molecule has 5 heteroatoms. The van der Waals surface area contributed by atoms with Crippen LogP contribution in [-0.2, 0) is 0 Å². The SMILES string of the molecule is CCN(CC)c1cccc(O)c1N=O.Cl. The van der Waals surface area contributed by atoms with Gasteiger partial charge >= 0.3 is 0 Å². The largest absolute Gasteiger partial charge is 0.505 e. The van der Waals surface area contributed by atoms with E-state index in [9.17, 15) is 10.0 Å². The van der Waals surface area contributed by atoms with Gasteiger partial charge in [-0.05, 0) is 31.2 Å². The highest BCUT2D eigenvalue weighted by atomic mass is 35.5. The number of phenolic OH excluding ortho intramolecular Hbond substituents is 1. The summed E-state index contributed by atoms with van der Waals surface area (Å²) in [6.45, 7) is 5.54. The molecule has 0 aliphatic carbocycles. The summed E-state index contributed by atoms with van der Waals surface area (Å²) < 4.78 is 0. The van der Waals surface area contributed by atoms with Crippen molar-refractivity contribution in [2.24, 2.45) is 5.18 Å². The van der Waals surface area contributed by atoms with Crippen LogP contribution in [0.1, 0.15) is 13.8 Å². The Kier molecular flexibility index (Phi) is 5.70. The molecule has 1 aromatic carbocycles. The molecule has 1 N–H and O–H groups in total. The summed E-state index contributed by atoms with van der Waals surface area (Å²) in [6.07, 6.45) is 0. The summed E-state index contributed by atoms with van der Waals surface area (Å²) in [4.78, 5) is 12.5. The van der Waals surface area contributed by atoms with Gasteiger partial charge in [0.05, 0.1) is 5.69 Å². The third-order valence-corrected chi connectivity index (χ3v) is 2.19. The molecule has 0 aliphatic rings. The molecule has 0 radical (unpaired) electrons. The number of nitroso groups, excluding NO2 is 1. The minimum absolute atomic E-state index is 0. The second-order valence-corrected chi connectivity index (χ2v) is 2.91. The van der Waals surface area contributed by atoms with Crippen molar-refractivity contribution in [1.82, 2.24) is 0 Å². The number of halogens is 1. The fourth-order valence-electron chi connectivity index (χ4n) is 1.43. The van der Waals surface area contributed by atoms with E-state index >= 15 is 0 Å². The normalized spacial score (nSPS) is 9.20. The predicted molar refractivity (Wildman–Crippen MR) is 64.4 cm³/mol. The summed E-state index contributed by atoms with van der Waals surface area (Å²) in [6, 6.07) is 4.95. The van der Waals surface area contributed by atoms with Crippen LogP contribution in [0.5, 0.6) is 5.75 Å². The van der Waals surface area contributed by atoms with E-state index in [-0.39, 0.29) is 23.8 Å². The second-order valence-electron chi connectivity index (χ2n) is 2.91. The van der Waals surface area contributed by atoms with Gasteiger partial charge in [-0.1, -0.05) is 6.07 Å². The van der Waals surface area contributed by atoms with Crippen molar-refractivity contribution < 1.29 is 5.11 Å². The first-order valence-electron chi connectivity index (χ1n) is 4.64. The first kappa shape index (κ1) is 13.7. The molecule has 0 saturated carbocycles. The fraction of sp³-hybridized carbons (Fsp3) is 0.400. The monoisotopic (exact) mass is 230 g/mol. The summed E-state index contributed by atoms with van der Waals surface area (Å²) in [5.74, 6) is -0.0654. The van der Waals surface area contributed by atoms with Crippen LogP contribution in [-0.4, -0.2) is 18.2 Å². The molecule has 15 heavy (non-hydrogen) atoms. The van der Waals surface area contributed by atoms with E-state index in [2.05, 4.69) is 5.18 Å². The molecule has 84 valence electrons. The third-order valence-electron chi connectivity index (χ3n) is 2.19. The number of rotatable bonds is 4. The summed E-state index contributed by atoms with van der Waals surface area (Å²) in [5.41, 5.74) is 0.807. The smallest absolute Gasteiger partial charge is 0.172 e. The second kappa shape index (κ2) is 6.24. The van der Waals surface area contributed by atoms with Crippen LogP contribution in [0.25, 0.3) is 0 Å². The topological polar surface area (TPSA) is 52.9 Å². The Morgan fingerprint density at radius 2 is 1.93 bits per heavy atom. The summed E-state index contributed by atoms with van der Waals surface area (Å²) in [7, 11) is 0. The van der Waals surface area contributed by atoms with E-state index in [0.29, 0.717) is 5.69 Å². The highest BCUT2D eigenvalue weighted by Gasteiger charge is 2.12. The van der Waals surface area contributed by atoms with Gasteiger partial charge in [-0.15, -0.1) is 17.3 Å². The maximum atomic E-state index is 10.5. The Bertz CT molecular complexity index is 327. The van der Waals surface area contributed by atoms with E-state index in [1.807, 2.05) is 18.7 Å². The molecule has 0 fully saturated rings. The third kappa shape index (κ3) is 2.83. The van der Waals surface area contributed by atoms with Crippen molar-refractivity contribution in [3.63, 3.8) is 0 Å². The van der Waals surface area contributed by atoms with Crippen LogP contribution >= 0.6 is 12.4 Å². The zero-order chi connectivity index (χ0) is 10.6. The standard InChI is InChI=1S/C10H14N2O2.ClH/c1-3-12(4-2)8-6-5-7-9(13)10(8)11-14;/h5-7,13H,3-4H2,1-2H3;1H. The quantitative estimate of drug-likeness (QED) is 0.809. The highest BCUT2D eigenvalue weighted by molar-refractivity contribution is 5.85. The molecule has 4 nitrogen and oxygen atoms in total. The molecular formula is C10H15ClN2O2. The van der Waals surface area contributed by atoms with E-state index in [4.69, 9.17) is 0 Å². The minimum atomic E-state index is -0.0654. The number of aromatic hydroxyl groups is 1. The van der Waals surface area contributed by atoms with E-state index in [1.165, 1.54) is 6.07 Å². The number of nitrogens with zero attached hydrogens (tertiary/aromatic N) is 2. The van der Waals surface area contributed by atoms with Gasteiger partial charge in [-0.3, -0.25) is 0 Å². The van der Waals surface area contributed by atoms with Gasteiger partial charge in [-0.2, -0.15) is 0 Å². The highest BCUT2D eigenvalue weighted by Crippen LogP contribution is 2.36. The van der Waals surface area contributed by atoms with Crippen LogP contribution in [0.4, 0.5) is 11.4 Å². The molecule has 0 spiro atoms. The summed E-state index contributed by atoms with van der Waals surface area (Å²) >= 11 is 0. The first-order valence-corrected chi connectivity index (χ1v) is 4.64. The molecule has 1 aromatic rings. The molecule has 0 aromatic heterocycles. The van der Waals surface area contributed by atoms with E-state index in [0.717, 1.165) is 13.1 Å². The van der Waals surface area contributed by atoms with Crippen molar-refractivity contribution in [2.75, 3.05) is 18.0 Å². The zero-order valence-corrected chi connectivity index (χ0v) is 9.62. The first-order chi connectivity index (χ1) is 6.74. The van der Waals surface area contributed by atoms with Gasteiger partial charge in [-0.25, -0.2) is 0 Å². The minimum Gasteiger partial charge on any atom is -0.505 e. The van der Waals surface area contributed by atoms with Gasteiger partial charge < -0.3 is 10.0 Å². The molecule has 0 amide bonds. The van der Waals surface area contributed by atoms with Crippen molar-refractivity contribution in [3.05, 3.63) is 23.1 Å². The van der Waals surface area contributed by atoms with Crippen LogP contribution in [0.2, 0.25) is 0 Å². The van der Waals surface area contributed by atoms with Gasteiger partial charge in [0.25, 0.3) is 0 Å². The van der Waals surface area contributed by atoms with Gasteiger partial charge in [0.1, 0.15) is 5.75 Å². The molecule has 0 unspecified atom stereocenters. The zero-order valence-electron chi connectivity index (χ0n) is 8.80. The van der Waals surface area contributed by atoms with E-state index < -0.39 is 0 Å². The Hall–Kier alpha value is -1.29. The van der Waals surface area contributed by atoms with Gasteiger partial charge in [0, 0.05) is 13.1 Å². The van der Waals surface area contributed by atoms with Crippen LogP contribution in [0.15, 0.2) is 23.4 Å². The van der Waals surface area contributed by atoms with Crippen LogP contribution in [0.3, 0.4) is 0 Å². The fourth-order valence-corrected chi connectivity index (χ4v) is 1.43. The average molecular weight is 231 g/mol. The molecule has 0 saturated heterocycles. The van der Waals surface area contributed by atoms with Crippen LogP contribution in [0, 0.1) is 4.91 Å². The van der Waals surface area contributed by atoms with Crippen molar-refractivity contribution in [3.8, 4) is 5.75 Å². The number of hydrogen-bond acceptors (Lipinski definition) is 4. The maximum absolute atomic E-state index is 10.5. The number of anilines is 1. The Morgan fingerprint density at radius 1 is 1.33 bits per heavy atom. The molecule has 0 heterocycles. The molecule has 0 atom stereocenters. The molecule has 1 rings (SSSR count). The average Bonchev–Trinajstić information content (AvgIpc) is 2.20. The van der Waals surface area contributed by atoms with Crippen LogP contribution < -0.4 is 4.90 Å². The van der Waals surface area contributed by atoms with E-state index in [1.54, 1.807) is 12.1 Å². The van der Waals surface area contributed by atoms with Crippen molar-refractivity contribution >= 4 is 23.8 Å². The van der Waals surface area contributed by atoms with Gasteiger partial charge in [0.15, 0.2) is 5.69 Å². The summed E-state index contributed by atoms with van der Waals surface area (Å²) in [5, 5.41) is 12.3. The lowest BCUT2D eigenvalue weighted by molar-refractivity contribution is 0.476.